The van der Waals surface area contributed by atoms with E-state index in [1.807, 2.05) is 30.3 Å². The Balaban J connectivity index is 1.59. The van der Waals surface area contributed by atoms with Crippen molar-refractivity contribution in [3.05, 3.63) is 65.7 Å². The number of nitrogens with zero attached hydrogens (tertiary/aromatic N) is 1. The van der Waals surface area contributed by atoms with Gasteiger partial charge in [-0.2, -0.15) is 0 Å². The van der Waals surface area contributed by atoms with Gasteiger partial charge in [-0.05, 0) is 29.8 Å². The van der Waals surface area contributed by atoms with Crippen molar-refractivity contribution in [1.29, 1.82) is 0 Å². The smallest absolute Gasteiger partial charge is 0.254 e. The molecule has 136 valence electrons. The molecule has 6 heteroatoms. The number of rotatable bonds is 5. The lowest BCUT2D eigenvalue weighted by atomic mass is 10.1. The minimum Gasteiger partial charge on any atom is -0.489 e. The van der Waals surface area contributed by atoms with Crippen LogP contribution < -0.4 is 10.1 Å². The van der Waals surface area contributed by atoms with Gasteiger partial charge < -0.3 is 19.7 Å². The Kier molecular flexibility index (Phi) is 5.86. The maximum absolute atomic E-state index is 12.6. The second-order valence-electron chi connectivity index (χ2n) is 6.02. The number of ether oxygens (including phenoxy) is 2. The number of benzene rings is 2. The summed E-state index contributed by atoms with van der Waals surface area (Å²) >= 11 is 0. The van der Waals surface area contributed by atoms with Gasteiger partial charge in [0.25, 0.3) is 11.8 Å². The molecule has 1 aliphatic heterocycles. The van der Waals surface area contributed by atoms with Gasteiger partial charge in [-0.15, -0.1) is 0 Å². The van der Waals surface area contributed by atoms with Crippen LogP contribution in [0.4, 0.5) is 0 Å². The Labute approximate surface area is 152 Å². The Bertz CT molecular complexity index is 746. The van der Waals surface area contributed by atoms with Crippen LogP contribution in [-0.4, -0.2) is 49.6 Å². The van der Waals surface area contributed by atoms with Crippen LogP contribution >= 0.6 is 0 Å². The van der Waals surface area contributed by atoms with E-state index in [1.54, 1.807) is 36.2 Å². The number of hydrogen-bond acceptors (Lipinski definition) is 4. The van der Waals surface area contributed by atoms with Gasteiger partial charge in [0.05, 0.1) is 13.2 Å². The summed E-state index contributed by atoms with van der Waals surface area (Å²) in [6.07, 6.45) is -0.619. The molecular weight excluding hydrogens is 332 g/mol. The predicted molar refractivity (Wildman–Crippen MR) is 96.9 cm³/mol. The molecule has 2 amide bonds. The van der Waals surface area contributed by atoms with Crippen LogP contribution in [0.5, 0.6) is 5.75 Å². The molecule has 0 aromatic heterocycles. The average molecular weight is 354 g/mol. The quantitative estimate of drug-likeness (QED) is 0.890. The molecule has 1 aliphatic rings. The monoisotopic (exact) mass is 354 g/mol. The van der Waals surface area contributed by atoms with Crippen molar-refractivity contribution in [2.75, 3.05) is 26.7 Å². The van der Waals surface area contributed by atoms with E-state index in [0.717, 1.165) is 5.56 Å². The Morgan fingerprint density at radius 3 is 2.58 bits per heavy atom. The fraction of sp³-hybridized carbons (Fsp3) is 0.300. The normalized spacial score (nSPS) is 16.8. The van der Waals surface area contributed by atoms with Crippen LogP contribution in [0.2, 0.25) is 0 Å². The lowest BCUT2D eigenvalue weighted by Gasteiger charge is -2.32. The zero-order valence-corrected chi connectivity index (χ0v) is 14.7. The topological polar surface area (TPSA) is 67.9 Å². The highest BCUT2D eigenvalue weighted by molar-refractivity contribution is 5.95. The van der Waals surface area contributed by atoms with Crippen LogP contribution in [0.25, 0.3) is 0 Å². The molecular formula is C20H22N2O4. The lowest BCUT2D eigenvalue weighted by molar-refractivity contribution is -0.136. The van der Waals surface area contributed by atoms with Gasteiger partial charge in [-0.25, -0.2) is 0 Å². The molecule has 0 aliphatic carbocycles. The highest BCUT2D eigenvalue weighted by atomic mass is 16.5. The summed E-state index contributed by atoms with van der Waals surface area (Å²) in [6, 6.07) is 17.0. The summed E-state index contributed by atoms with van der Waals surface area (Å²) in [5.41, 5.74) is 1.65. The van der Waals surface area contributed by atoms with Gasteiger partial charge in [0, 0.05) is 19.2 Å². The van der Waals surface area contributed by atoms with Gasteiger partial charge in [0.15, 0.2) is 6.10 Å². The van der Waals surface area contributed by atoms with E-state index in [4.69, 9.17) is 9.47 Å². The van der Waals surface area contributed by atoms with Crippen molar-refractivity contribution in [3.8, 4) is 5.75 Å². The van der Waals surface area contributed by atoms with Crippen LogP contribution in [0.1, 0.15) is 15.9 Å². The van der Waals surface area contributed by atoms with Gasteiger partial charge in [0.2, 0.25) is 0 Å². The van der Waals surface area contributed by atoms with Crippen LogP contribution in [0.3, 0.4) is 0 Å². The van der Waals surface area contributed by atoms with Crippen molar-refractivity contribution in [2.45, 2.75) is 12.7 Å². The van der Waals surface area contributed by atoms with Crippen molar-refractivity contribution < 1.29 is 19.1 Å². The number of nitrogens with one attached hydrogen (secondary N) is 1. The summed E-state index contributed by atoms with van der Waals surface area (Å²) in [6.45, 7) is 1.55. The molecule has 6 nitrogen and oxygen atoms in total. The third-order valence-electron chi connectivity index (χ3n) is 4.24. The first-order valence-corrected chi connectivity index (χ1v) is 8.56. The van der Waals surface area contributed by atoms with E-state index in [0.29, 0.717) is 31.1 Å². The third-order valence-corrected chi connectivity index (χ3v) is 4.24. The molecule has 26 heavy (non-hydrogen) atoms. The molecule has 2 aromatic rings. The highest BCUT2D eigenvalue weighted by Gasteiger charge is 2.29. The molecule has 0 radical (unpaired) electrons. The largest absolute Gasteiger partial charge is 0.489 e. The SMILES string of the molecule is CNC(=O)C1CN(C(=O)c2ccc(OCc3ccccc3)cc2)CCO1. The van der Waals surface area contributed by atoms with Crippen molar-refractivity contribution in [2.24, 2.45) is 0 Å². The zero-order valence-electron chi connectivity index (χ0n) is 14.7. The van der Waals surface area contributed by atoms with E-state index in [2.05, 4.69) is 5.32 Å². The Hall–Kier alpha value is -2.86. The summed E-state index contributed by atoms with van der Waals surface area (Å²) in [7, 11) is 1.56. The summed E-state index contributed by atoms with van der Waals surface area (Å²) < 4.78 is 11.2. The number of morpholine rings is 1. The van der Waals surface area contributed by atoms with E-state index < -0.39 is 6.10 Å². The standard InChI is InChI=1S/C20H22N2O4/c1-21-19(23)18-13-22(11-12-25-18)20(24)16-7-9-17(10-8-16)26-14-15-5-3-2-4-6-15/h2-10,18H,11-14H2,1H3,(H,21,23). The number of amides is 2. The summed E-state index contributed by atoms with van der Waals surface area (Å²) in [4.78, 5) is 26.0. The summed E-state index contributed by atoms with van der Waals surface area (Å²) in [5.74, 6) is 0.375. The third kappa shape index (κ3) is 4.40. The molecule has 1 fully saturated rings. The van der Waals surface area contributed by atoms with Crippen molar-refractivity contribution in [1.82, 2.24) is 10.2 Å². The number of hydrogen-bond donors (Lipinski definition) is 1. The predicted octanol–water partition coefficient (Wildman–Crippen LogP) is 1.85. The molecule has 1 atom stereocenters. The van der Waals surface area contributed by atoms with Crippen molar-refractivity contribution >= 4 is 11.8 Å². The minimum atomic E-state index is -0.619. The maximum atomic E-state index is 12.6. The van der Waals surface area contributed by atoms with Gasteiger partial charge >= 0.3 is 0 Å². The first-order chi connectivity index (χ1) is 12.7. The lowest BCUT2D eigenvalue weighted by Crippen LogP contribution is -2.51. The first kappa shape index (κ1) is 17.9. The van der Waals surface area contributed by atoms with Crippen LogP contribution in [0, 0.1) is 0 Å². The minimum absolute atomic E-state index is 0.114. The summed E-state index contributed by atoms with van der Waals surface area (Å²) in [5, 5.41) is 2.55. The first-order valence-electron chi connectivity index (χ1n) is 8.56. The molecule has 0 spiro atoms. The maximum Gasteiger partial charge on any atom is 0.254 e. The van der Waals surface area contributed by atoms with Gasteiger partial charge in [-0.3, -0.25) is 9.59 Å². The van der Waals surface area contributed by atoms with Crippen LogP contribution in [-0.2, 0) is 16.1 Å². The van der Waals surface area contributed by atoms with E-state index in [-0.39, 0.29) is 18.4 Å². The fourth-order valence-corrected chi connectivity index (χ4v) is 2.77. The van der Waals surface area contributed by atoms with E-state index >= 15 is 0 Å². The Morgan fingerprint density at radius 2 is 1.88 bits per heavy atom. The molecule has 0 saturated carbocycles. The molecule has 0 bridgehead atoms. The highest BCUT2D eigenvalue weighted by Crippen LogP contribution is 2.17. The second kappa shape index (κ2) is 8.49. The molecule has 1 N–H and O–H groups in total. The zero-order chi connectivity index (χ0) is 18.4. The number of carbonyl (C=O) groups excluding carboxylic acids is 2. The van der Waals surface area contributed by atoms with Crippen LogP contribution in [0.15, 0.2) is 54.6 Å². The molecule has 1 unspecified atom stereocenters. The fourth-order valence-electron chi connectivity index (χ4n) is 2.77. The second-order valence-corrected chi connectivity index (χ2v) is 6.02. The van der Waals surface area contributed by atoms with E-state index in [9.17, 15) is 9.59 Å². The molecule has 3 rings (SSSR count). The molecule has 1 saturated heterocycles. The molecule has 2 aromatic carbocycles. The van der Waals surface area contributed by atoms with Gasteiger partial charge in [0.1, 0.15) is 12.4 Å². The number of carbonyl (C=O) groups is 2. The van der Waals surface area contributed by atoms with Crippen molar-refractivity contribution in [3.63, 3.8) is 0 Å². The number of likely N-dealkylation sites (N-methyl/N-ethyl adjacent to an activating group) is 1. The van der Waals surface area contributed by atoms with Gasteiger partial charge in [-0.1, -0.05) is 30.3 Å². The molecule has 1 heterocycles. The average Bonchev–Trinajstić information content (AvgIpc) is 2.72. The Morgan fingerprint density at radius 1 is 1.15 bits per heavy atom. The van der Waals surface area contributed by atoms with E-state index in [1.165, 1.54) is 0 Å².